The van der Waals surface area contributed by atoms with Crippen molar-refractivity contribution in [3.05, 3.63) is 39.8 Å². The molecule has 0 bridgehead atoms. The molecule has 0 unspecified atom stereocenters. The molecule has 0 fully saturated rings. The third-order valence-electron chi connectivity index (χ3n) is 3.97. The van der Waals surface area contributed by atoms with Crippen molar-refractivity contribution < 1.29 is 19.0 Å². The molecule has 1 aromatic heterocycles. The molecule has 0 radical (unpaired) electrons. The van der Waals surface area contributed by atoms with Gasteiger partial charge >= 0.3 is 5.97 Å². The molecule has 3 rings (SSSR count). The summed E-state index contributed by atoms with van der Waals surface area (Å²) in [5.74, 6) is 1.20. The molecule has 0 amide bonds. The normalized spacial score (nSPS) is 16.1. The Hall–Kier alpha value is -2.55. The van der Waals surface area contributed by atoms with Crippen LogP contribution < -0.4 is 14.8 Å². The van der Waals surface area contributed by atoms with E-state index in [0.29, 0.717) is 33.2 Å². The van der Waals surface area contributed by atoms with E-state index in [-0.39, 0.29) is 0 Å². The number of carbonyl (C=O) groups excluding carboxylic acids is 1. The first-order valence-electron chi connectivity index (χ1n) is 7.38. The second-order valence-electron chi connectivity index (χ2n) is 5.32. The van der Waals surface area contributed by atoms with Crippen LogP contribution in [0.5, 0.6) is 11.5 Å². The van der Waals surface area contributed by atoms with Crippen molar-refractivity contribution >= 4 is 27.8 Å². The molecule has 0 spiro atoms. The summed E-state index contributed by atoms with van der Waals surface area (Å²) in [6.45, 7) is 1.80. The van der Waals surface area contributed by atoms with Gasteiger partial charge in [-0.25, -0.2) is 9.48 Å². The number of allylic oxidation sites excluding steroid dienone is 1. The third kappa shape index (κ3) is 2.84. The third-order valence-corrected chi connectivity index (χ3v) is 4.56. The van der Waals surface area contributed by atoms with E-state index in [1.807, 2.05) is 6.07 Å². The van der Waals surface area contributed by atoms with Gasteiger partial charge < -0.3 is 19.5 Å². The largest absolute Gasteiger partial charge is 0.493 e. The quantitative estimate of drug-likeness (QED) is 0.777. The first-order chi connectivity index (χ1) is 12.0. The molecule has 2 aromatic rings. The summed E-state index contributed by atoms with van der Waals surface area (Å²) in [7, 11) is 4.47. The average Bonchev–Trinajstić information content (AvgIpc) is 3.06. The fourth-order valence-electron chi connectivity index (χ4n) is 2.87. The zero-order chi connectivity index (χ0) is 18.1. The van der Waals surface area contributed by atoms with Gasteiger partial charge in [-0.15, -0.1) is 0 Å². The van der Waals surface area contributed by atoms with Crippen molar-refractivity contribution in [1.29, 1.82) is 0 Å². The van der Waals surface area contributed by atoms with Crippen molar-refractivity contribution in [3.8, 4) is 11.5 Å². The van der Waals surface area contributed by atoms with E-state index in [0.717, 1.165) is 5.56 Å². The SMILES string of the molecule is COC(=O)C1=C(C)Nc2ncnn2[C@H]1c1cc(Br)c(OC)c(OC)c1. The number of aromatic nitrogens is 3. The van der Waals surface area contributed by atoms with Crippen molar-refractivity contribution in [2.75, 3.05) is 26.6 Å². The molecular weight excluding hydrogens is 392 g/mol. The second kappa shape index (κ2) is 6.75. The summed E-state index contributed by atoms with van der Waals surface area (Å²) in [4.78, 5) is 16.6. The molecule has 0 saturated heterocycles. The number of rotatable bonds is 4. The maximum Gasteiger partial charge on any atom is 0.338 e. The monoisotopic (exact) mass is 408 g/mol. The number of hydrogen-bond donors (Lipinski definition) is 1. The van der Waals surface area contributed by atoms with E-state index in [4.69, 9.17) is 14.2 Å². The van der Waals surface area contributed by atoms with Crippen LogP contribution in [0.2, 0.25) is 0 Å². The molecule has 1 N–H and O–H groups in total. The number of ether oxygens (including phenoxy) is 3. The maximum absolute atomic E-state index is 12.4. The van der Waals surface area contributed by atoms with Crippen LogP contribution in [-0.2, 0) is 9.53 Å². The minimum atomic E-state index is -0.512. The molecule has 8 nitrogen and oxygen atoms in total. The molecule has 2 heterocycles. The predicted octanol–water partition coefficient (Wildman–Crippen LogP) is 2.52. The van der Waals surface area contributed by atoms with Crippen LogP contribution in [0.3, 0.4) is 0 Å². The number of fused-ring (bicyclic) bond motifs is 1. The van der Waals surface area contributed by atoms with E-state index in [9.17, 15) is 4.79 Å². The van der Waals surface area contributed by atoms with E-state index < -0.39 is 12.0 Å². The zero-order valence-electron chi connectivity index (χ0n) is 14.2. The highest BCUT2D eigenvalue weighted by Crippen LogP contribution is 2.42. The van der Waals surface area contributed by atoms with Crippen LogP contribution in [0.1, 0.15) is 18.5 Å². The Kier molecular flexibility index (Phi) is 4.67. The molecule has 1 aromatic carbocycles. The Bertz CT molecular complexity index is 862. The number of esters is 1. The summed E-state index contributed by atoms with van der Waals surface area (Å²) >= 11 is 3.49. The van der Waals surface area contributed by atoms with Gasteiger partial charge in [0, 0.05) is 5.70 Å². The van der Waals surface area contributed by atoms with Gasteiger partial charge in [-0.3, -0.25) is 0 Å². The Morgan fingerprint density at radius 1 is 1.28 bits per heavy atom. The fourth-order valence-corrected chi connectivity index (χ4v) is 3.49. The Labute approximate surface area is 152 Å². The molecule has 0 saturated carbocycles. The molecule has 1 aliphatic rings. The number of nitrogens with one attached hydrogen (secondary N) is 1. The summed E-state index contributed by atoms with van der Waals surface area (Å²) in [5.41, 5.74) is 1.88. The first-order valence-corrected chi connectivity index (χ1v) is 8.18. The van der Waals surface area contributed by atoms with Crippen molar-refractivity contribution in [2.24, 2.45) is 0 Å². The van der Waals surface area contributed by atoms with Gasteiger partial charge in [0.05, 0.1) is 31.4 Å². The molecule has 1 atom stereocenters. The van der Waals surface area contributed by atoms with Gasteiger partial charge in [0.1, 0.15) is 12.4 Å². The van der Waals surface area contributed by atoms with Gasteiger partial charge in [-0.1, -0.05) is 0 Å². The number of methoxy groups -OCH3 is 3. The van der Waals surface area contributed by atoms with Crippen LogP contribution in [0.25, 0.3) is 0 Å². The lowest BCUT2D eigenvalue weighted by atomic mass is 9.95. The van der Waals surface area contributed by atoms with Crippen molar-refractivity contribution in [1.82, 2.24) is 14.8 Å². The number of nitrogens with zero attached hydrogens (tertiary/aromatic N) is 3. The van der Waals surface area contributed by atoms with E-state index in [1.165, 1.54) is 13.4 Å². The number of benzene rings is 1. The summed E-state index contributed by atoms with van der Waals surface area (Å²) < 4.78 is 18.1. The van der Waals surface area contributed by atoms with Crippen LogP contribution in [0.15, 0.2) is 34.2 Å². The average molecular weight is 409 g/mol. The van der Waals surface area contributed by atoms with Crippen LogP contribution in [0, 0.1) is 0 Å². The van der Waals surface area contributed by atoms with E-state index in [1.54, 1.807) is 31.9 Å². The number of halogens is 1. The van der Waals surface area contributed by atoms with Gasteiger partial charge in [-0.05, 0) is 40.5 Å². The van der Waals surface area contributed by atoms with Gasteiger partial charge in [0.25, 0.3) is 0 Å². The number of anilines is 1. The van der Waals surface area contributed by atoms with Gasteiger partial charge in [-0.2, -0.15) is 10.1 Å². The second-order valence-corrected chi connectivity index (χ2v) is 6.18. The predicted molar refractivity (Wildman–Crippen MR) is 93.7 cm³/mol. The fraction of sp³-hybridized carbons (Fsp3) is 0.312. The van der Waals surface area contributed by atoms with E-state index >= 15 is 0 Å². The molecule has 132 valence electrons. The highest BCUT2D eigenvalue weighted by Gasteiger charge is 2.34. The Balaban J connectivity index is 2.23. The lowest BCUT2D eigenvalue weighted by Gasteiger charge is -2.28. The molecular formula is C16H17BrN4O4. The van der Waals surface area contributed by atoms with E-state index in [2.05, 4.69) is 31.3 Å². The Morgan fingerprint density at radius 2 is 2.04 bits per heavy atom. The lowest BCUT2D eigenvalue weighted by molar-refractivity contribution is -0.136. The molecule has 0 aliphatic carbocycles. The number of hydrogen-bond acceptors (Lipinski definition) is 7. The van der Waals surface area contributed by atoms with Gasteiger partial charge in [0.15, 0.2) is 11.5 Å². The highest BCUT2D eigenvalue weighted by atomic mass is 79.9. The molecule has 1 aliphatic heterocycles. The molecule has 25 heavy (non-hydrogen) atoms. The number of carbonyl (C=O) groups is 1. The smallest absolute Gasteiger partial charge is 0.338 e. The standard InChI is InChI=1S/C16H17BrN4O4/c1-8-12(15(22)25-4)13(21-16(20-8)18-7-19-21)9-5-10(17)14(24-3)11(6-9)23-2/h5-7,13H,1-4H3,(H,18,19,20)/t13-/m0/s1. The summed E-state index contributed by atoms with van der Waals surface area (Å²) in [6, 6.07) is 3.16. The summed E-state index contributed by atoms with van der Waals surface area (Å²) in [6.07, 6.45) is 1.43. The minimum absolute atomic E-state index is 0.443. The lowest BCUT2D eigenvalue weighted by Crippen LogP contribution is -2.29. The van der Waals surface area contributed by atoms with Crippen LogP contribution in [0.4, 0.5) is 5.95 Å². The Morgan fingerprint density at radius 3 is 2.68 bits per heavy atom. The summed E-state index contributed by atoms with van der Waals surface area (Å²) in [5, 5.41) is 7.33. The first kappa shape index (κ1) is 17.3. The highest BCUT2D eigenvalue weighted by molar-refractivity contribution is 9.10. The van der Waals surface area contributed by atoms with Crippen molar-refractivity contribution in [2.45, 2.75) is 13.0 Å². The van der Waals surface area contributed by atoms with Crippen molar-refractivity contribution in [3.63, 3.8) is 0 Å². The topological polar surface area (TPSA) is 87.5 Å². The minimum Gasteiger partial charge on any atom is -0.493 e. The van der Waals surface area contributed by atoms with Gasteiger partial charge in [0.2, 0.25) is 5.95 Å². The zero-order valence-corrected chi connectivity index (χ0v) is 15.7. The van der Waals surface area contributed by atoms with Crippen LogP contribution in [-0.4, -0.2) is 42.1 Å². The molecule has 9 heteroatoms. The van der Waals surface area contributed by atoms with Crippen LogP contribution >= 0.6 is 15.9 Å². The maximum atomic E-state index is 12.4.